The van der Waals surface area contributed by atoms with Gasteiger partial charge in [0.1, 0.15) is 0 Å². The molecule has 1 rings (SSSR count). The molecular formula is C13H23NO3S. The molecular weight excluding hydrogens is 250 g/mol. The molecule has 3 unspecified atom stereocenters. The van der Waals surface area contributed by atoms with Crippen LogP contribution in [0, 0.1) is 17.3 Å². The first-order valence-electron chi connectivity index (χ1n) is 6.31. The fourth-order valence-electron chi connectivity index (χ4n) is 2.82. The van der Waals surface area contributed by atoms with Gasteiger partial charge in [-0.15, -0.1) is 0 Å². The molecule has 1 aliphatic carbocycles. The van der Waals surface area contributed by atoms with Crippen molar-refractivity contribution >= 4 is 23.6 Å². The van der Waals surface area contributed by atoms with Crippen molar-refractivity contribution in [3.05, 3.63) is 0 Å². The summed E-state index contributed by atoms with van der Waals surface area (Å²) >= 11 is 1.50. The first-order chi connectivity index (χ1) is 8.30. The number of nitrogens with one attached hydrogen (secondary N) is 1. The second-order valence-electron chi connectivity index (χ2n) is 5.69. The van der Waals surface area contributed by atoms with Crippen molar-refractivity contribution in [3.63, 3.8) is 0 Å². The van der Waals surface area contributed by atoms with Crippen LogP contribution in [0.3, 0.4) is 0 Å². The predicted molar refractivity (Wildman–Crippen MR) is 73.6 cm³/mol. The SMILES string of the molecule is CSCC(=O)NC1CCC(C(=O)O)C(C)(C)C1C. The van der Waals surface area contributed by atoms with Gasteiger partial charge in [-0.05, 0) is 30.4 Å². The normalized spacial score (nSPS) is 30.8. The van der Waals surface area contributed by atoms with Crippen molar-refractivity contribution in [2.24, 2.45) is 17.3 Å². The van der Waals surface area contributed by atoms with E-state index in [4.69, 9.17) is 0 Å². The molecule has 1 fully saturated rings. The lowest BCUT2D eigenvalue weighted by Gasteiger charge is -2.46. The minimum atomic E-state index is -0.722. The molecule has 0 radical (unpaired) electrons. The van der Waals surface area contributed by atoms with E-state index in [1.807, 2.05) is 27.0 Å². The van der Waals surface area contributed by atoms with Crippen molar-refractivity contribution in [1.29, 1.82) is 0 Å². The zero-order valence-electron chi connectivity index (χ0n) is 11.5. The lowest BCUT2D eigenvalue weighted by Crippen LogP contribution is -2.52. The Balaban J connectivity index is 2.72. The Bertz CT molecular complexity index is 330. The first-order valence-corrected chi connectivity index (χ1v) is 7.71. The average Bonchev–Trinajstić information content (AvgIpc) is 2.24. The number of rotatable bonds is 4. The summed E-state index contributed by atoms with van der Waals surface area (Å²) in [6.07, 6.45) is 3.28. The van der Waals surface area contributed by atoms with E-state index < -0.39 is 5.97 Å². The second kappa shape index (κ2) is 5.95. The van der Waals surface area contributed by atoms with Crippen LogP contribution in [0.1, 0.15) is 33.6 Å². The van der Waals surface area contributed by atoms with Crippen LogP contribution in [0.15, 0.2) is 0 Å². The molecule has 0 aliphatic heterocycles. The fraction of sp³-hybridized carbons (Fsp3) is 0.846. The van der Waals surface area contributed by atoms with E-state index in [0.717, 1.165) is 6.42 Å². The van der Waals surface area contributed by atoms with E-state index in [-0.39, 0.29) is 29.2 Å². The minimum absolute atomic E-state index is 0.0453. The molecule has 0 spiro atoms. The van der Waals surface area contributed by atoms with Gasteiger partial charge in [0.05, 0.1) is 11.7 Å². The third kappa shape index (κ3) is 3.19. The van der Waals surface area contributed by atoms with Gasteiger partial charge in [-0.25, -0.2) is 0 Å². The molecule has 0 heterocycles. The summed E-state index contributed by atoms with van der Waals surface area (Å²) in [7, 11) is 0. The molecule has 0 aromatic rings. The number of hydrogen-bond acceptors (Lipinski definition) is 3. The van der Waals surface area contributed by atoms with Crippen LogP contribution in [0.4, 0.5) is 0 Å². The van der Waals surface area contributed by atoms with Crippen molar-refractivity contribution in [1.82, 2.24) is 5.32 Å². The van der Waals surface area contributed by atoms with Crippen LogP contribution < -0.4 is 5.32 Å². The van der Waals surface area contributed by atoms with Gasteiger partial charge in [0.2, 0.25) is 5.91 Å². The number of carboxylic acids is 1. The number of carbonyl (C=O) groups excluding carboxylic acids is 1. The smallest absolute Gasteiger partial charge is 0.307 e. The second-order valence-corrected chi connectivity index (χ2v) is 6.55. The summed E-state index contributed by atoms with van der Waals surface area (Å²) in [6.45, 7) is 6.02. The molecule has 0 bridgehead atoms. The van der Waals surface area contributed by atoms with Crippen LogP contribution >= 0.6 is 11.8 Å². The van der Waals surface area contributed by atoms with Crippen molar-refractivity contribution in [2.75, 3.05) is 12.0 Å². The number of aliphatic carboxylic acids is 1. The molecule has 5 heteroatoms. The maximum Gasteiger partial charge on any atom is 0.307 e. The quantitative estimate of drug-likeness (QED) is 0.822. The highest BCUT2D eigenvalue weighted by Gasteiger charge is 2.46. The molecule has 104 valence electrons. The highest BCUT2D eigenvalue weighted by molar-refractivity contribution is 7.99. The van der Waals surface area contributed by atoms with Crippen LogP contribution in [0.2, 0.25) is 0 Å². The predicted octanol–water partition coefficient (Wildman–Crippen LogP) is 1.99. The van der Waals surface area contributed by atoms with E-state index in [0.29, 0.717) is 12.2 Å². The summed E-state index contributed by atoms with van der Waals surface area (Å²) in [4.78, 5) is 22.9. The highest BCUT2D eigenvalue weighted by atomic mass is 32.2. The molecule has 18 heavy (non-hydrogen) atoms. The van der Waals surface area contributed by atoms with E-state index >= 15 is 0 Å². The number of amides is 1. The van der Waals surface area contributed by atoms with Crippen LogP contribution in [0.25, 0.3) is 0 Å². The Morgan fingerprint density at radius 3 is 2.50 bits per heavy atom. The van der Waals surface area contributed by atoms with E-state index in [9.17, 15) is 14.7 Å². The fourth-order valence-corrected chi connectivity index (χ4v) is 3.17. The van der Waals surface area contributed by atoms with Gasteiger partial charge >= 0.3 is 5.97 Å². The largest absolute Gasteiger partial charge is 0.481 e. The lowest BCUT2D eigenvalue weighted by molar-refractivity contribution is -0.150. The van der Waals surface area contributed by atoms with Gasteiger partial charge in [-0.3, -0.25) is 9.59 Å². The maximum absolute atomic E-state index is 11.6. The summed E-state index contributed by atoms with van der Waals surface area (Å²) in [5.41, 5.74) is -0.290. The van der Waals surface area contributed by atoms with E-state index in [1.165, 1.54) is 11.8 Å². The standard InChI is InChI=1S/C13H23NO3S/c1-8-10(14-11(15)7-18-4)6-5-9(12(16)17)13(8,2)3/h8-10H,5-7H2,1-4H3,(H,14,15)(H,16,17). The molecule has 1 aliphatic rings. The zero-order valence-corrected chi connectivity index (χ0v) is 12.3. The number of carboxylic acid groups (broad SMARTS) is 1. The Hall–Kier alpha value is -0.710. The van der Waals surface area contributed by atoms with E-state index in [1.54, 1.807) is 0 Å². The molecule has 1 amide bonds. The van der Waals surface area contributed by atoms with Crippen LogP contribution in [-0.2, 0) is 9.59 Å². The summed E-state index contributed by atoms with van der Waals surface area (Å²) in [6, 6.07) is 0.0928. The van der Waals surface area contributed by atoms with Gasteiger partial charge in [0.15, 0.2) is 0 Å². The van der Waals surface area contributed by atoms with Crippen molar-refractivity contribution in [2.45, 2.75) is 39.7 Å². The van der Waals surface area contributed by atoms with Gasteiger partial charge in [-0.1, -0.05) is 20.8 Å². The summed E-state index contributed by atoms with van der Waals surface area (Å²) in [5, 5.41) is 12.3. The van der Waals surface area contributed by atoms with Crippen LogP contribution in [-0.4, -0.2) is 35.0 Å². The topological polar surface area (TPSA) is 66.4 Å². The highest BCUT2D eigenvalue weighted by Crippen LogP contribution is 2.45. The third-order valence-corrected chi connectivity index (χ3v) is 4.91. The Morgan fingerprint density at radius 1 is 1.39 bits per heavy atom. The van der Waals surface area contributed by atoms with Crippen molar-refractivity contribution in [3.8, 4) is 0 Å². The van der Waals surface area contributed by atoms with Gasteiger partial charge in [-0.2, -0.15) is 11.8 Å². The van der Waals surface area contributed by atoms with Gasteiger partial charge < -0.3 is 10.4 Å². The molecule has 3 atom stereocenters. The Labute approximate surface area is 113 Å². The van der Waals surface area contributed by atoms with Gasteiger partial charge in [0.25, 0.3) is 0 Å². The number of hydrogen-bond donors (Lipinski definition) is 2. The van der Waals surface area contributed by atoms with E-state index in [2.05, 4.69) is 5.32 Å². The average molecular weight is 273 g/mol. The van der Waals surface area contributed by atoms with Crippen molar-refractivity contribution < 1.29 is 14.7 Å². The monoisotopic (exact) mass is 273 g/mol. The molecule has 2 N–H and O–H groups in total. The Morgan fingerprint density at radius 2 is 2.00 bits per heavy atom. The maximum atomic E-state index is 11.6. The molecule has 1 saturated carbocycles. The third-order valence-electron chi connectivity index (χ3n) is 4.36. The molecule has 0 aromatic carbocycles. The molecule has 4 nitrogen and oxygen atoms in total. The minimum Gasteiger partial charge on any atom is -0.481 e. The lowest BCUT2D eigenvalue weighted by atomic mass is 9.61. The number of carbonyl (C=O) groups is 2. The number of thioether (sulfide) groups is 1. The molecule has 0 aromatic heterocycles. The van der Waals surface area contributed by atoms with Gasteiger partial charge in [0, 0.05) is 6.04 Å². The summed E-state index contributed by atoms with van der Waals surface area (Å²) in [5.74, 6) is -0.365. The summed E-state index contributed by atoms with van der Waals surface area (Å²) < 4.78 is 0. The van der Waals surface area contributed by atoms with Crippen LogP contribution in [0.5, 0.6) is 0 Å². The molecule has 0 saturated heterocycles. The Kier molecular flexibility index (Phi) is 5.08. The zero-order chi connectivity index (χ0) is 13.9. The first kappa shape index (κ1) is 15.3.